The van der Waals surface area contributed by atoms with Crippen LogP contribution in [-0.4, -0.2) is 41.8 Å². The first-order valence-electron chi connectivity index (χ1n) is 12.5. The topological polar surface area (TPSA) is 121 Å². The van der Waals surface area contributed by atoms with Crippen LogP contribution in [0.3, 0.4) is 0 Å². The Kier molecular flexibility index (Phi) is 6.78. The summed E-state index contributed by atoms with van der Waals surface area (Å²) >= 11 is 0. The molecule has 2 aromatic rings. The van der Waals surface area contributed by atoms with Crippen molar-refractivity contribution in [1.82, 2.24) is 0 Å². The van der Waals surface area contributed by atoms with E-state index in [4.69, 9.17) is 0 Å². The predicted octanol–water partition coefficient (Wildman–Crippen LogP) is 5.55. The molecule has 0 fully saturated rings. The Morgan fingerprint density at radius 3 is 1.41 bits per heavy atom. The molecule has 0 aliphatic heterocycles. The number of hydrogen-bond donors (Lipinski definition) is 6. The van der Waals surface area contributed by atoms with Crippen LogP contribution in [0.25, 0.3) is 0 Å². The van der Waals surface area contributed by atoms with Crippen molar-refractivity contribution in [1.29, 1.82) is 0 Å². The van der Waals surface area contributed by atoms with E-state index in [0.717, 1.165) is 33.4 Å². The van der Waals surface area contributed by atoms with Crippen molar-refractivity contribution in [3.05, 3.63) is 106 Å². The van der Waals surface area contributed by atoms with Crippen LogP contribution < -0.4 is 0 Å². The Balaban J connectivity index is 1.77. The molecular weight excluding hydrogens is 468 g/mol. The molecule has 4 rings (SSSR count). The maximum Gasteiger partial charge on any atom is 0.115 e. The van der Waals surface area contributed by atoms with Gasteiger partial charge in [0, 0.05) is 18.3 Å². The lowest BCUT2D eigenvalue weighted by Gasteiger charge is -2.32. The highest BCUT2D eigenvalue weighted by atomic mass is 16.3. The molecule has 196 valence electrons. The molecule has 2 unspecified atom stereocenters. The molecule has 2 aliphatic rings. The molecule has 0 bridgehead atoms. The zero-order chi connectivity index (χ0) is 27.2. The summed E-state index contributed by atoms with van der Waals surface area (Å²) in [4.78, 5) is 0. The lowest BCUT2D eigenvalue weighted by atomic mass is 9.72. The largest absolute Gasteiger partial charge is 0.512 e. The molecule has 0 spiro atoms. The number of benzene rings is 2. The molecule has 6 N–H and O–H groups in total. The fourth-order valence-corrected chi connectivity index (χ4v) is 5.71. The minimum absolute atomic E-state index is 0.109. The molecule has 0 heterocycles. The van der Waals surface area contributed by atoms with E-state index < -0.39 is 16.6 Å². The van der Waals surface area contributed by atoms with E-state index in [1.54, 1.807) is 62.4 Å². The maximum absolute atomic E-state index is 10.5. The second-order valence-corrected chi connectivity index (χ2v) is 11.4. The van der Waals surface area contributed by atoms with Crippen molar-refractivity contribution in [2.45, 2.75) is 70.0 Å². The Morgan fingerprint density at radius 2 is 1.05 bits per heavy atom. The molecule has 0 saturated heterocycles. The highest BCUT2D eigenvalue weighted by molar-refractivity contribution is 5.52. The number of aliphatic hydroxyl groups excluding tert-OH is 2. The SMILES string of the molecule is CC1(O)C=C(Cc2cc(O)ccc2C(C)(C)c2ccc(O)cc2CC2=CC(C)(O)CC(O)=C2)C=C(O)C1. The lowest BCUT2D eigenvalue weighted by Crippen LogP contribution is -2.26. The number of aliphatic hydroxyl groups is 4. The Morgan fingerprint density at radius 1 is 0.676 bits per heavy atom. The molecule has 6 heteroatoms. The standard InChI is InChI=1S/C31H36O6/c1-29(2,27-7-5-23(32)13-21(27)9-19-11-25(34)17-30(3,36)15-19)28-8-6-24(33)14-22(28)10-20-12-26(35)18-31(4,37)16-20/h5-8,11-16,32-37H,9-10,17-18H2,1-4H3. The average molecular weight is 505 g/mol. The van der Waals surface area contributed by atoms with Gasteiger partial charge in [0.15, 0.2) is 0 Å². The van der Waals surface area contributed by atoms with Crippen molar-refractivity contribution in [3.8, 4) is 11.5 Å². The third-order valence-corrected chi connectivity index (χ3v) is 7.09. The van der Waals surface area contributed by atoms with Crippen molar-refractivity contribution < 1.29 is 30.6 Å². The van der Waals surface area contributed by atoms with E-state index in [1.165, 1.54) is 0 Å². The fourth-order valence-electron chi connectivity index (χ4n) is 5.71. The number of phenols is 2. The minimum atomic E-state index is -1.15. The summed E-state index contributed by atoms with van der Waals surface area (Å²) in [5.74, 6) is 0.452. The predicted molar refractivity (Wildman–Crippen MR) is 144 cm³/mol. The Labute approximate surface area is 217 Å². The highest BCUT2D eigenvalue weighted by Crippen LogP contribution is 2.40. The van der Waals surface area contributed by atoms with Crippen LogP contribution in [0.15, 0.2) is 83.4 Å². The summed E-state index contributed by atoms with van der Waals surface area (Å²) in [6, 6.07) is 10.4. The summed E-state index contributed by atoms with van der Waals surface area (Å²) in [5.41, 5.74) is 2.19. The van der Waals surface area contributed by atoms with Gasteiger partial charge in [0.25, 0.3) is 0 Å². The van der Waals surface area contributed by atoms with Gasteiger partial charge >= 0.3 is 0 Å². The quantitative estimate of drug-likeness (QED) is 0.307. The van der Waals surface area contributed by atoms with E-state index in [0.29, 0.717) is 12.8 Å². The third kappa shape index (κ3) is 6.09. The van der Waals surface area contributed by atoms with Gasteiger partial charge in [-0.1, -0.05) is 26.0 Å². The lowest BCUT2D eigenvalue weighted by molar-refractivity contribution is 0.0946. The van der Waals surface area contributed by atoms with Crippen LogP contribution in [0.4, 0.5) is 0 Å². The van der Waals surface area contributed by atoms with Crippen molar-refractivity contribution in [2.24, 2.45) is 0 Å². The molecule has 0 aromatic heterocycles. The van der Waals surface area contributed by atoms with Crippen LogP contribution in [0.5, 0.6) is 11.5 Å². The first kappa shape index (κ1) is 26.6. The van der Waals surface area contributed by atoms with E-state index in [2.05, 4.69) is 13.8 Å². The second kappa shape index (κ2) is 9.43. The molecule has 0 radical (unpaired) electrons. The van der Waals surface area contributed by atoms with Gasteiger partial charge in [-0.15, -0.1) is 0 Å². The van der Waals surface area contributed by atoms with Crippen LogP contribution in [0.1, 0.15) is 62.8 Å². The van der Waals surface area contributed by atoms with Gasteiger partial charge < -0.3 is 30.6 Å². The van der Waals surface area contributed by atoms with Crippen LogP contribution in [0.2, 0.25) is 0 Å². The van der Waals surface area contributed by atoms with Crippen LogP contribution in [-0.2, 0) is 18.3 Å². The highest BCUT2D eigenvalue weighted by Gasteiger charge is 2.31. The van der Waals surface area contributed by atoms with E-state index in [-0.39, 0.29) is 35.9 Å². The molecular formula is C31H36O6. The zero-order valence-electron chi connectivity index (χ0n) is 21.8. The maximum atomic E-state index is 10.5. The summed E-state index contributed by atoms with van der Waals surface area (Å²) in [6.45, 7) is 7.43. The Hall–Kier alpha value is -3.48. The molecule has 37 heavy (non-hydrogen) atoms. The number of rotatable bonds is 6. The first-order valence-corrected chi connectivity index (χ1v) is 12.5. The number of phenolic OH excluding ortho intramolecular Hbond substituents is 2. The van der Waals surface area contributed by atoms with E-state index in [1.807, 2.05) is 12.1 Å². The zero-order valence-corrected chi connectivity index (χ0v) is 21.8. The van der Waals surface area contributed by atoms with Gasteiger partial charge in [0.05, 0.1) is 22.7 Å². The summed E-state index contributed by atoms with van der Waals surface area (Å²) < 4.78 is 0. The van der Waals surface area contributed by atoms with Crippen LogP contribution in [0, 0.1) is 0 Å². The summed E-state index contributed by atoms with van der Waals surface area (Å²) in [5, 5.41) is 62.0. The molecule has 2 aliphatic carbocycles. The molecule has 2 atom stereocenters. The molecule has 6 nitrogen and oxygen atoms in total. The summed E-state index contributed by atoms with van der Waals surface area (Å²) in [7, 11) is 0. The smallest absolute Gasteiger partial charge is 0.115 e. The second-order valence-electron chi connectivity index (χ2n) is 11.4. The van der Waals surface area contributed by atoms with Gasteiger partial charge in [-0.25, -0.2) is 0 Å². The van der Waals surface area contributed by atoms with Crippen molar-refractivity contribution in [2.75, 3.05) is 0 Å². The average Bonchev–Trinajstić information content (AvgIpc) is 2.70. The van der Waals surface area contributed by atoms with Crippen molar-refractivity contribution >= 4 is 0 Å². The Bertz CT molecular complexity index is 1240. The molecule has 2 aromatic carbocycles. The molecule has 0 saturated carbocycles. The van der Waals surface area contributed by atoms with Gasteiger partial charge in [-0.3, -0.25) is 0 Å². The number of aromatic hydroxyl groups is 2. The van der Waals surface area contributed by atoms with Crippen LogP contribution >= 0.6 is 0 Å². The minimum Gasteiger partial charge on any atom is -0.512 e. The summed E-state index contributed by atoms with van der Waals surface area (Å²) in [6.07, 6.45) is 7.88. The van der Waals surface area contributed by atoms with Gasteiger partial charge in [-0.05, 0) is 109 Å². The van der Waals surface area contributed by atoms with E-state index >= 15 is 0 Å². The normalized spacial score (nSPS) is 24.2. The molecule has 0 amide bonds. The van der Waals surface area contributed by atoms with Gasteiger partial charge in [0.1, 0.15) is 11.5 Å². The first-order chi connectivity index (χ1) is 17.1. The number of hydrogen-bond acceptors (Lipinski definition) is 6. The van der Waals surface area contributed by atoms with Crippen molar-refractivity contribution in [3.63, 3.8) is 0 Å². The van der Waals surface area contributed by atoms with Gasteiger partial charge in [0.2, 0.25) is 0 Å². The number of allylic oxidation sites excluding steroid dienone is 4. The van der Waals surface area contributed by atoms with E-state index in [9.17, 15) is 30.6 Å². The monoisotopic (exact) mass is 504 g/mol. The fraction of sp³-hybridized carbons (Fsp3) is 0.355. The third-order valence-electron chi connectivity index (χ3n) is 7.09. The van der Waals surface area contributed by atoms with Gasteiger partial charge in [-0.2, -0.15) is 0 Å².